The van der Waals surface area contributed by atoms with Crippen molar-refractivity contribution in [3.8, 4) is 0 Å². The van der Waals surface area contributed by atoms with Crippen LogP contribution in [-0.4, -0.2) is 6.21 Å². The predicted octanol–water partition coefficient (Wildman–Crippen LogP) is 5.44. The van der Waals surface area contributed by atoms with Crippen LogP contribution in [0, 0.1) is 11.6 Å². The van der Waals surface area contributed by atoms with Crippen LogP contribution in [0.2, 0.25) is 0 Å². The monoisotopic (exact) mass is 328 g/mol. The Morgan fingerprint density at radius 1 is 0.958 bits per heavy atom. The first-order chi connectivity index (χ1) is 11.7. The molecule has 4 heteroatoms. The van der Waals surface area contributed by atoms with Crippen molar-refractivity contribution in [1.82, 2.24) is 0 Å². The molecular formula is C20H20F2NO. The third-order valence-electron chi connectivity index (χ3n) is 4.50. The molecule has 2 aromatic carbocycles. The van der Waals surface area contributed by atoms with Crippen LogP contribution in [0.1, 0.15) is 54.7 Å². The molecule has 1 saturated carbocycles. The summed E-state index contributed by atoms with van der Waals surface area (Å²) in [6.45, 7) is -0.258. The fraction of sp³-hybridized carbons (Fsp3) is 0.350. The Hall–Kier alpha value is -2.23. The summed E-state index contributed by atoms with van der Waals surface area (Å²) in [5.41, 5.74) is 2.01. The summed E-state index contributed by atoms with van der Waals surface area (Å²) < 4.78 is 26.9. The van der Waals surface area contributed by atoms with Gasteiger partial charge in [-0.25, -0.2) is 8.78 Å². The minimum Gasteiger partial charge on any atom is -0.390 e. The summed E-state index contributed by atoms with van der Waals surface area (Å²) in [7, 11) is 0. The van der Waals surface area contributed by atoms with Crippen LogP contribution in [0.3, 0.4) is 0 Å². The van der Waals surface area contributed by atoms with Crippen molar-refractivity contribution in [1.29, 1.82) is 0 Å². The zero-order chi connectivity index (χ0) is 16.8. The lowest BCUT2D eigenvalue weighted by Crippen LogP contribution is -2.04. The van der Waals surface area contributed by atoms with E-state index in [2.05, 4.69) is 23.5 Å². The number of halogens is 2. The van der Waals surface area contributed by atoms with E-state index in [0.29, 0.717) is 5.92 Å². The van der Waals surface area contributed by atoms with Gasteiger partial charge in [0, 0.05) is 5.56 Å². The van der Waals surface area contributed by atoms with Gasteiger partial charge in [0.1, 0.15) is 24.5 Å². The van der Waals surface area contributed by atoms with E-state index in [1.54, 1.807) is 0 Å². The first-order valence-corrected chi connectivity index (χ1v) is 8.35. The summed E-state index contributed by atoms with van der Waals surface area (Å²) in [6, 6.07) is 11.8. The van der Waals surface area contributed by atoms with Crippen molar-refractivity contribution in [2.24, 2.45) is 5.16 Å². The largest absolute Gasteiger partial charge is 0.390 e. The van der Waals surface area contributed by atoms with E-state index in [-0.39, 0.29) is 12.2 Å². The van der Waals surface area contributed by atoms with Crippen LogP contribution >= 0.6 is 0 Å². The minimum atomic E-state index is -0.637. The SMILES string of the molecule is Fc1cccc(F)c1CO/N=[C]\c1ccc(C2CCCCC2)cc1. The van der Waals surface area contributed by atoms with Crippen LogP contribution in [0.15, 0.2) is 47.6 Å². The molecule has 1 radical (unpaired) electrons. The predicted molar refractivity (Wildman–Crippen MR) is 90.0 cm³/mol. The third-order valence-corrected chi connectivity index (χ3v) is 4.50. The van der Waals surface area contributed by atoms with E-state index >= 15 is 0 Å². The first-order valence-electron chi connectivity index (χ1n) is 8.35. The maximum Gasteiger partial charge on any atom is 0.148 e. The highest BCUT2D eigenvalue weighted by molar-refractivity contribution is 5.79. The molecule has 125 valence electrons. The van der Waals surface area contributed by atoms with Crippen molar-refractivity contribution in [2.75, 3.05) is 0 Å². The molecule has 0 unspecified atom stereocenters. The van der Waals surface area contributed by atoms with Gasteiger partial charge in [-0.2, -0.15) is 0 Å². The molecule has 2 nitrogen and oxygen atoms in total. The number of hydrogen-bond acceptors (Lipinski definition) is 2. The van der Waals surface area contributed by atoms with Gasteiger partial charge in [0.15, 0.2) is 0 Å². The fourth-order valence-corrected chi connectivity index (χ4v) is 3.12. The van der Waals surface area contributed by atoms with Gasteiger partial charge in [-0.05, 0) is 36.5 Å². The van der Waals surface area contributed by atoms with Gasteiger partial charge in [0.2, 0.25) is 0 Å². The number of hydrogen-bond donors (Lipinski definition) is 0. The smallest absolute Gasteiger partial charge is 0.148 e. The van der Waals surface area contributed by atoms with E-state index in [0.717, 1.165) is 5.56 Å². The van der Waals surface area contributed by atoms with Gasteiger partial charge >= 0.3 is 0 Å². The summed E-state index contributed by atoms with van der Waals surface area (Å²) in [4.78, 5) is 4.97. The highest BCUT2D eigenvalue weighted by Gasteiger charge is 2.15. The van der Waals surface area contributed by atoms with Crippen LogP contribution < -0.4 is 0 Å². The van der Waals surface area contributed by atoms with E-state index in [9.17, 15) is 8.78 Å². The standard InChI is InChI=1S/C20H20F2NO/c21-19-7-4-8-20(22)18(19)14-24-23-13-15-9-11-17(12-10-15)16-5-2-1-3-6-16/h4,7-12,16H,1-3,5-6,14H2. The Labute approximate surface area is 141 Å². The van der Waals surface area contributed by atoms with Crippen LogP contribution in [-0.2, 0) is 11.4 Å². The van der Waals surface area contributed by atoms with Gasteiger partial charge in [-0.1, -0.05) is 54.8 Å². The normalized spacial score (nSPS) is 15.8. The van der Waals surface area contributed by atoms with Gasteiger partial charge in [0.05, 0.1) is 5.56 Å². The van der Waals surface area contributed by atoms with E-state index < -0.39 is 11.6 Å². The highest BCUT2D eigenvalue weighted by Crippen LogP contribution is 2.32. The molecule has 0 bridgehead atoms. The third kappa shape index (κ3) is 4.19. The van der Waals surface area contributed by atoms with Gasteiger partial charge in [-0.3, -0.25) is 0 Å². The van der Waals surface area contributed by atoms with E-state index in [1.165, 1.54) is 55.9 Å². The first kappa shape index (κ1) is 16.6. The summed E-state index contributed by atoms with van der Waals surface area (Å²) in [5, 5.41) is 3.68. The van der Waals surface area contributed by atoms with Gasteiger partial charge in [-0.15, -0.1) is 0 Å². The Morgan fingerprint density at radius 2 is 1.62 bits per heavy atom. The quantitative estimate of drug-likeness (QED) is 0.529. The lowest BCUT2D eigenvalue weighted by atomic mass is 9.84. The molecular weight excluding hydrogens is 308 g/mol. The highest BCUT2D eigenvalue weighted by atomic mass is 19.1. The summed E-state index contributed by atoms with van der Waals surface area (Å²) in [6.07, 6.45) is 9.21. The Kier molecular flexibility index (Phi) is 5.57. The van der Waals surface area contributed by atoms with E-state index in [4.69, 9.17) is 4.84 Å². The number of benzene rings is 2. The molecule has 0 saturated heterocycles. The second-order valence-corrected chi connectivity index (χ2v) is 6.13. The second kappa shape index (κ2) is 8.04. The van der Waals surface area contributed by atoms with Crippen molar-refractivity contribution < 1.29 is 13.6 Å². The lowest BCUT2D eigenvalue weighted by Gasteiger charge is -2.21. The Bertz CT molecular complexity index is 671. The molecule has 1 aliphatic rings. The summed E-state index contributed by atoms with van der Waals surface area (Å²) >= 11 is 0. The average Bonchev–Trinajstić information content (AvgIpc) is 2.62. The molecule has 0 atom stereocenters. The van der Waals surface area contributed by atoms with Crippen molar-refractivity contribution in [3.05, 3.63) is 70.8 Å². The second-order valence-electron chi connectivity index (χ2n) is 6.13. The molecule has 0 spiro atoms. The van der Waals surface area contributed by atoms with Crippen LogP contribution in [0.4, 0.5) is 8.78 Å². The minimum absolute atomic E-state index is 0.129. The number of nitrogens with zero attached hydrogens (tertiary/aromatic N) is 1. The average molecular weight is 328 g/mol. The molecule has 2 aromatic rings. The van der Waals surface area contributed by atoms with Crippen molar-refractivity contribution in [2.45, 2.75) is 44.6 Å². The molecule has 24 heavy (non-hydrogen) atoms. The fourth-order valence-electron chi connectivity index (χ4n) is 3.12. The maximum atomic E-state index is 13.4. The Balaban J connectivity index is 1.55. The zero-order valence-corrected chi connectivity index (χ0v) is 13.5. The molecule has 0 aromatic heterocycles. The van der Waals surface area contributed by atoms with Gasteiger partial charge < -0.3 is 4.84 Å². The maximum absolute atomic E-state index is 13.4. The molecule has 0 N–H and O–H groups in total. The van der Waals surface area contributed by atoms with Crippen LogP contribution in [0.25, 0.3) is 0 Å². The molecule has 1 aliphatic carbocycles. The molecule has 0 aliphatic heterocycles. The molecule has 0 heterocycles. The molecule has 1 fully saturated rings. The Morgan fingerprint density at radius 3 is 2.29 bits per heavy atom. The molecule has 0 amide bonds. The lowest BCUT2D eigenvalue weighted by molar-refractivity contribution is 0.126. The van der Waals surface area contributed by atoms with Crippen LogP contribution in [0.5, 0.6) is 0 Å². The zero-order valence-electron chi connectivity index (χ0n) is 13.5. The topological polar surface area (TPSA) is 21.6 Å². The van der Waals surface area contributed by atoms with Gasteiger partial charge in [0.25, 0.3) is 0 Å². The number of rotatable bonds is 5. The summed E-state index contributed by atoms with van der Waals surface area (Å²) in [5.74, 6) is -0.617. The van der Waals surface area contributed by atoms with Crippen molar-refractivity contribution in [3.63, 3.8) is 0 Å². The molecule has 3 rings (SSSR count). The van der Waals surface area contributed by atoms with E-state index in [1.807, 2.05) is 12.1 Å². The van der Waals surface area contributed by atoms with Crippen molar-refractivity contribution >= 4 is 6.21 Å².